The van der Waals surface area contributed by atoms with Crippen LogP contribution in [0.1, 0.15) is 45.9 Å². The van der Waals surface area contributed by atoms with Gasteiger partial charge in [-0.3, -0.25) is 0 Å². The van der Waals surface area contributed by atoms with E-state index in [1.165, 1.54) is 49.6 Å². The van der Waals surface area contributed by atoms with E-state index >= 15 is 0 Å². The smallest absolute Gasteiger partial charge is 0.202 e. The number of aliphatic hydroxyl groups excluding tert-OH is 2. The minimum absolute atomic E-state index is 0.00882. The van der Waals surface area contributed by atoms with Gasteiger partial charge in [0.25, 0.3) is 0 Å². The predicted molar refractivity (Wildman–Crippen MR) is 148 cm³/mol. The van der Waals surface area contributed by atoms with E-state index in [9.17, 15) is 46.0 Å². The van der Waals surface area contributed by atoms with Crippen molar-refractivity contribution in [1.82, 2.24) is 0 Å². The van der Waals surface area contributed by atoms with E-state index in [1.807, 2.05) is 0 Å². The van der Waals surface area contributed by atoms with Gasteiger partial charge >= 0.3 is 0 Å². The number of phenolic OH excluding ortho intramolecular Hbond substituents is 7. The molecule has 0 aliphatic carbocycles. The fourth-order valence-corrected chi connectivity index (χ4v) is 5.93. The molecule has 12 heteroatoms. The number of methoxy groups -OCH3 is 1. The van der Waals surface area contributed by atoms with Crippen LogP contribution in [0.4, 0.5) is 0 Å². The summed E-state index contributed by atoms with van der Waals surface area (Å²) < 4.78 is 17.2. The van der Waals surface area contributed by atoms with Gasteiger partial charge in [0.15, 0.2) is 23.7 Å². The van der Waals surface area contributed by atoms with E-state index in [1.54, 1.807) is 0 Å². The van der Waals surface area contributed by atoms with Crippen LogP contribution in [0.3, 0.4) is 0 Å². The van der Waals surface area contributed by atoms with Crippen LogP contribution in [-0.2, 0) is 6.42 Å². The molecule has 0 fully saturated rings. The van der Waals surface area contributed by atoms with Gasteiger partial charge in [-0.15, -0.1) is 0 Å². The van der Waals surface area contributed by atoms with Gasteiger partial charge in [0.1, 0.15) is 46.4 Å². The van der Waals surface area contributed by atoms with Gasteiger partial charge in [0, 0.05) is 46.9 Å². The lowest BCUT2D eigenvalue weighted by Gasteiger charge is -2.40. The van der Waals surface area contributed by atoms with Crippen LogP contribution in [0.5, 0.6) is 57.5 Å². The topological polar surface area (TPSA) is 210 Å². The first kappa shape index (κ1) is 27.9. The Bertz CT molecular complexity index is 1690. The maximum Gasteiger partial charge on any atom is 0.202 e. The van der Waals surface area contributed by atoms with Crippen LogP contribution in [0, 0.1) is 0 Å². The molecule has 43 heavy (non-hydrogen) atoms. The molecule has 5 atom stereocenters. The second kappa shape index (κ2) is 10.3. The highest BCUT2D eigenvalue weighted by atomic mass is 16.5. The quantitative estimate of drug-likeness (QED) is 0.167. The number of aliphatic hydroxyl groups is 2. The molecule has 3 unspecified atom stereocenters. The summed E-state index contributed by atoms with van der Waals surface area (Å²) in [4.78, 5) is 0. The van der Waals surface area contributed by atoms with E-state index in [-0.39, 0.29) is 57.4 Å². The largest absolute Gasteiger partial charge is 0.508 e. The van der Waals surface area contributed by atoms with Crippen molar-refractivity contribution in [3.63, 3.8) is 0 Å². The predicted octanol–water partition coefficient (Wildman–Crippen LogP) is 3.30. The summed E-state index contributed by atoms with van der Waals surface area (Å²) in [6, 6.07) is 11.6. The average molecular weight is 593 g/mol. The summed E-state index contributed by atoms with van der Waals surface area (Å²) in [5.41, 5.74) is 0.612. The minimum Gasteiger partial charge on any atom is -0.508 e. The Morgan fingerprint density at radius 2 is 1.30 bits per heavy atom. The maximum atomic E-state index is 11.8. The normalized spacial score (nSPS) is 22.5. The second-order valence-corrected chi connectivity index (χ2v) is 10.5. The Morgan fingerprint density at radius 1 is 0.651 bits per heavy atom. The first-order valence-corrected chi connectivity index (χ1v) is 13.2. The van der Waals surface area contributed by atoms with Crippen molar-refractivity contribution in [3.8, 4) is 57.5 Å². The lowest BCUT2D eigenvalue weighted by Crippen LogP contribution is -2.36. The Kier molecular flexibility index (Phi) is 6.67. The third kappa shape index (κ3) is 4.57. The van der Waals surface area contributed by atoms with Crippen molar-refractivity contribution in [2.75, 3.05) is 7.11 Å². The Morgan fingerprint density at radius 3 is 1.95 bits per heavy atom. The molecule has 12 nitrogen and oxygen atoms in total. The van der Waals surface area contributed by atoms with Crippen LogP contribution in [0.2, 0.25) is 0 Å². The molecule has 2 heterocycles. The molecule has 6 rings (SSSR count). The first-order chi connectivity index (χ1) is 20.5. The zero-order valence-corrected chi connectivity index (χ0v) is 22.5. The van der Waals surface area contributed by atoms with Crippen LogP contribution < -0.4 is 14.2 Å². The highest BCUT2D eigenvalue weighted by Crippen LogP contribution is 2.57. The number of phenols is 7. The number of hydrogen-bond acceptors (Lipinski definition) is 12. The molecule has 4 aromatic rings. The average Bonchev–Trinajstić information content (AvgIpc) is 2.94. The molecule has 0 amide bonds. The minimum atomic E-state index is -1.50. The molecule has 9 N–H and O–H groups in total. The molecule has 0 aromatic heterocycles. The first-order valence-electron chi connectivity index (χ1n) is 13.2. The van der Waals surface area contributed by atoms with Crippen LogP contribution in [0.25, 0.3) is 0 Å². The number of rotatable bonds is 4. The third-order valence-electron chi connectivity index (χ3n) is 7.84. The summed E-state index contributed by atoms with van der Waals surface area (Å²) in [6.45, 7) is 0. The number of hydrogen-bond donors (Lipinski definition) is 9. The fourth-order valence-electron chi connectivity index (χ4n) is 5.93. The molecule has 0 spiro atoms. The number of ether oxygens (including phenoxy) is 3. The summed E-state index contributed by atoms with van der Waals surface area (Å²) in [6.07, 6.45) is -5.33. The Hall–Kier alpha value is -5.20. The van der Waals surface area contributed by atoms with E-state index in [0.717, 1.165) is 12.1 Å². The van der Waals surface area contributed by atoms with Gasteiger partial charge in [-0.1, -0.05) is 12.1 Å². The van der Waals surface area contributed by atoms with Crippen molar-refractivity contribution < 1.29 is 60.2 Å². The molecular weight excluding hydrogens is 564 g/mol. The number of benzene rings is 4. The van der Waals surface area contributed by atoms with E-state index in [0.29, 0.717) is 5.56 Å². The molecule has 4 aromatic carbocycles. The monoisotopic (exact) mass is 592 g/mol. The maximum absolute atomic E-state index is 11.8. The summed E-state index contributed by atoms with van der Waals surface area (Å²) in [7, 11) is 1.26. The van der Waals surface area contributed by atoms with Crippen molar-refractivity contribution in [2.24, 2.45) is 0 Å². The third-order valence-corrected chi connectivity index (χ3v) is 7.84. The Labute approximate surface area is 244 Å². The molecule has 0 bridgehead atoms. The highest BCUT2D eigenvalue weighted by Gasteiger charge is 2.46. The lowest BCUT2D eigenvalue weighted by atomic mass is 9.77. The summed E-state index contributed by atoms with van der Waals surface area (Å²) in [5.74, 6) is -4.16. The molecule has 224 valence electrons. The fraction of sp³-hybridized carbons (Fsp3) is 0.226. The molecule has 0 radical (unpaired) electrons. The van der Waals surface area contributed by atoms with Gasteiger partial charge in [-0.2, -0.15) is 0 Å². The van der Waals surface area contributed by atoms with Gasteiger partial charge in [0.2, 0.25) is 5.75 Å². The van der Waals surface area contributed by atoms with Gasteiger partial charge in [-0.05, 0) is 29.8 Å². The standard InChI is InChI=1S/C31H28O12/c1-41-31-20(37)6-13(7-21(31)38)28-22(39)10-16-17(34)11-19(36)25(30(16)43-28)26-24-18(35)8-15(33)9-23(24)42-29(27(26)40)12-2-4-14(32)5-3-12/h2-9,11,22,26-29,32-40H,10H2,1H3/t22-,26-,27?,28?,29?/m0/s1. The zero-order chi connectivity index (χ0) is 30.7. The molecule has 2 aliphatic heterocycles. The van der Waals surface area contributed by atoms with E-state index in [2.05, 4.69) is 0 Å². The molecular formula is C31H28O12. The van der Waals surface area contributed by atoms with Crippen LogP contribution in [0.15, 0.2) is 54.6 Å². The van der Waals surface area contributed by atoms with E-state index in [4.69, 9.17) is 14.2 Å². The van der Waals surface area contributed by atoms with Gasteiger partial charge in [0.05, 0.1) is 19.1 Å². The van der Waals surface area contributed by atoms with Gasteiger partial charge in [-0.25, -0.2) is 0 Å². The number of aromatic hydroxyl groups is 7. The van der Waals surface area contributed by atoms with Crippen molar-refractivity contribution >= 4 is 0 Å². The SMILES string of the molecule is COc1c(O)cc(C2Oc3c(c(O)cc(O)c3[C@@H]3c4c(O)cc(O)cc4OC(c4ccc(O)cc4)C3O)C[C@@H]2O)cc1O. The molecule has 2 aliphatic rings. The van der Waals surface area contributed by atoms with Crippen molar-refractivity contribution in [3.05, 3.63) is 82.4 Å². The number of fused-ring (bicyclic) bond motifs is 2. The second-order valence-electron chi connectivity index (χ2n) is 10.5. The molecule has 0 saturated carbocycles. The van der Waals surface area contributed by atoms with Crippen LogP contribution >= 0.6 is 0 Å². The Balaban J connectivity index is 1.54. The van der Waals surface area contributed by atoms with E-state index < -0.39 is 59.1 Å². The summed E-state index contributed by atoms with van der Waals surface area (Å²) in [5, 5.41) is 96.5. The summed E-state index contributed by atoms with van der Waals surface area (Å²) >= 11 is 0. The highest BCUT2D eigenvalue weighted by molar-refractivity contribution is 5.66. The van der Waals surface area contributed by atoms with Crippen LogP contribution in [-0.4, -0.2) is 65.3 Å². The lowest BCUT2D eigenvalue weighted by molar-refractivity contribution is 0.00119. The molecule has 0 saturated heterocycles. The van der Waals surface area contributed by atoms with Crippen molar-refractivity contribution in [2.45, 2.75) is 36.8 Å². The van der Waals surface area contributed by atoms with Crippen molar-refractivity contribution in [1.29, 1.82) is 0 Å². The van der Waals surface area contributed by atoms with Gasteiger partial charge < -0.3 is 60.2 Å². The zero-order valence-electron chi connectivity index (χ0n) is 22.5.